The lowest BCUT2D eigenvalue weighted by molar-refractivity contribution is 0.383. The summed E-state index contributed by atoms with van der Waals surface area (Å²) in [7, 11) is -3.76. The molecule has 7 nitrogen and oxygen atoms in total. The van der Waals surface area contributed by atoms with Crippen LogP contribution in [0.2, 0.25) is 0 Å². The van der Waals surface area contributed by atoms with Gasteiger partial charge in [-0.25, -0.2) is 17.9 Å². The highest BCUT2D eigenvalue weighted by atomic mass is 32.2. The lowest BCUT2D eigenvalue weighted by Crippen LogP contribution is -2.49. The fourth-order valence-electron chi connectivity index (χ4n) is 3.76. The third-order valence-electron chi connectivity index (χ3n) is 5.64. The van der Waals surface area contributed by atoms with Crippen LogP contribution >= 0.6 is 0 Å². The van der Waals surface area contributed by atoms with Gasteiger partial charge in [0.25, 0.3) is 5.56 Å². The quantitative estimate of drug-likeness (QED) is 0.672. The minimum absolute atomic E-state index is 0.217. The molecule has 3 aromatic rings. The number of benzene rings is 2. The molecule has 1 N–H and O–H groups in total. The third-order valence-corrected chi connectivity index (χ3v) is 7.67. The number of anilines is 1. The van der Waals surface area contributed by atoms with Gasteiger partial charge in [0, 0.05) is 37.8 Å². The maximum atomic E-state index is 14.1. The highest BCUT2D eigenvalue weighted by molar-refractivity contribution is 7.89. The molecule has 162 valence electrons. The van der Waals surface area contributed by atoms with E-state index < -0.39 is 10.0 Å². The number of nitrogens with zero attached hydrogens (tertiary/aromatic N) is 3. The molecule has 1 fully saturated rings. The van der Waals surface area contributed by atoms with E-state index in [2.05, 4.69) is 10.2 Å². The van der Waals surface area contributed by atoms with E-state index in [1.54, 1.807) is 37.3 Å². The number of nitrogens with one attached hydrogen (secondary N) is 1. The van der Waals surface area contributed by atoms with E-state index in [0.717, 1.165) is 5.56 Å². The molecule has 2 aromatic carbocycles. The number of para-hydroxylation sites is 1. The number of H-pyrrole nitrogens is 1. The zero-order valence-corrected chi connectivity index (χ0v) is 18.1. The second-order valence-corrected chi connectivity index (χ2v) is 9.47. The monoisotopic (exact) mass is 442 g/mol. The Morgan fingerprint density at radius 2 is 1.71 bits per heavy atom. The van der Waals surface area contributed by atoms with Gasteiger partial charge >= 0.3 is 0 Å². The summed E-state index contributed by atoms with van der Waals surface area (Å²) >= 11 is 0. The van der Waals surface area contributed by atoms with Crippen molar-refractivity contribution >= 4 is 15.7 Å². The second-order valence-electron chi connectivity index (χ2n) is 7.57. The van der Waals surface area contributed by atoms with Crippen LogP contribution in [0.25, 0.3) is 11.3 Å². The summed E-state index contributed by atoms with van der Waals surface area (Å²) in [4.78, 5) is 13.4. The van der Waals surface area contributed by atoms with Gasteiger partial charge < -0.3 is 4.90 Å². The summed E-state index contributed by atoms with van der Waals surface area (Å²) in [5.74, 6) is -0.314. The summed E-state index contributed by atoms with van der Waals surface area (Å²) in [6.07, 6.45) is 0. The minimum atomic E-state index is -3.76. The first-order valence-corrected chi connectivity index (χ1v) is 11.4. The molecule has 1 aliphatic heterocycles. The Kier molecular flexibility index (Phi) is 5.63. The molecular weight excluding hydrogens is 419 g/mol. The third kappa shape index (κ3) is 4.11. The van der Waals surface area contributed by atoms with Crippen LogP contribution in [0, 0.1) is 19.7 Å². The van der Waals surface area contributed by atoms with Crippen molar-refractivity contribution < 1.29 is 12.8 Å². The SMILES string of the molecule is Cc1cc(-c2ccc(=O)[nH]n2)cc(S(=O)(=O)N2CCN(c3ccccc3F)CC2)c1C. The largest absolute Gasteiger partial charge is 0.367 e. The van der Waals surface area contributed by atoms with Gasteiger partial charge in [0.2, 0.25) is 10.0 Å². The molecule has 2 heterocycles. The van der Waals surface area contributed by atoms with Gasteiger partial charge in [0.05, 0.1) is 16.3 Å². The summed E-state index contributed by atoms with van der Waals surface area (Å²) in [6, 6.07) is 12.9. The van der Waals surface area contributed by atoms with E-state index in [0.29, 0.717) is 35.6 Å². The molecule has 0 unspecified atom stereocenters. The molecule has 0 saturated carbocycles. The highest BCUT2D eigenvalue weighted by Gasteiger charge is 2.31. The van der Waals surface area contributed by atoms with Crippen LogP contribution in [0.5, 0.6) is 0 Å². The van der Waals surface area contributed by atoms with Gasteiger partial charge in [0.15, 0.2) is 0 Å². The van der Waals surface area contributed by atoms with E-state index in [-0.39, 0.29) is 29.4 Å². The van der Waals surface area contributed by atoms with Gasteiger partial charge in [-0.2, -0.15) is 9.40 Å². The molecule has 0 spiro atoms. The first-order valence-electron chi connectivity index (χ1n) is 9.94. The standard InChI is InChI=1S/C22H23FN4O3S/c1-15-13-17(19-7-8-22(28)25-24-19)14-21(16(15)2)31(29,30)27-11-9-26(10-12-27)20-6-4-3-5-18(20)23/h3-8,13-14H,9-12H2,1-2H3,(H,25,28). The Labute approximate surface area is 180 Å². The van der Waals surface area contributed by atoms with Crippen LogP contribution in [0.15, 0.2) is 58.2 Å². The molecule has 0 radical (unpaired) electrons. The van der Waals surface area contributed by atoms with Crippen LogP contribution in [0.4, 0.5) is 10.1 Å². The van der Waals surface area contributed by atoms with E-state index >= 15 is 0 Å². The average Bonchev–Trinajstić information content (AvgIpc) is 2.76. The Bertz CT molecular complexity index is 1260. The number of sulfonamides is 1. The van der Waals surface area contributed by atoms with Crippen LogP contribution in [-0.2, 0) is 10.0 Å². The van der Waals surface area contributed by atoms with Gasteiger partial charge in [-0.15, -0.1) is 0 Å². The smallest absolute Gasteiger partial charge is 0.264 e. The van der Waals surface area contributed by atoms with E-state index in [4.69, 9.17) is 0 Å². The molecular formula is C22H23FN4O3S. The molecule has 0 amide bonds. The topological polar surface area (TPSA) is 86.4 Å². The molecule has 0 atom stereocenters. The summed E-state index contributed by atoms with van der Waals surface area (Å²) in [5.41, 5.74) is 2.75. The average molecular weight is 443 g/mol. The summed E-state index contributed by atoms with van der Waals surface area (Å²) < 4.78 is 42.5. The van der Waals surface area contributed by atoms with Gasteiger partial charge in [-0.3, -0.25) is 4.79 Å². The summed E-state index contributed by atoms with van der Waals surface area (Å²) in [5, 5.41) is 6.40. The maximum Gasteiger partial charge on any atom is 0.264 e. The second kappa shape index (κ2) is 8.24. The lowest BCUT2D eigenvalue weighted by atomic mass is 10.0. The lowest BCUT2D eigenvalue weighted by Gasteiger charge is -2.35. The predicted octanol–water partition coefficient (Wildman–Crippen LogP) is 2.70. The van der Waals surface area contributed by atoms with Crippen molar-refractivity contribution in [1.82, 2.24) is 14.5 Å². The normalized spacial score (nSPS) is 15.3. The Balaban J connectivity index is 1.62. The number of halogens is 1. The number of hydrogen-bond acceptors (Lipinski definition) is 5. The first-order chi connectivity index (χ1) is 14.8. The first kappa shape index (κ1) is 21.2. The van der Waals surface area contributed by atoms with Crippen molar-refractivity contribution in [2.75, 3.05) is 31.1 Å². The van der Waals surface area contributed by atoms with E-state index in [1.807, 2.05) is 17.9 Å². The number of hydrogen-bond donors (Lipinski definition) is 1. The van der Waals surface area contributed by atoms with Crippen LogP contribution in [0.3, 0.4) is 0 Å². The van der Waals surface area contributed by atoms with Crippen molar-refractivity contribution in [3.8, 4) is 11.3 Å². The molecule has 0 bridgehead atoms. The number of piperazine rings is 1. The molecule has 4 rings (SSSR count). The van der Waals surface area contributed by atoms with Crippen molar-refractivity contribution in [2.24, 2.45) is 0 Å². The fourth-order valence-corrected chi connectivity index (χ4v) is 5.51. The molecule has 31 heavy (non-hydrogen) atoms. The summed E-state index contributed by atoms with van der Waals surface area (Å²) in [6.45, 7) is 4.95. The van der Waals surface area contributed by atoms with Crippen molar-refractivity contribution in [3.63, 3.8) is 0 Å². The number of rotatable bonds is 4. The fraction of sp³-hybridized carbons (Fsp3) is 0.273. The highest BCUT2D eigenvalue weighted by Crippen LogP contribution is 2.30. The Hall–Kier alpha value is -3.04. The van der Waals surface area contributed by atoms with Crippen LogP contribution in [-0.4, -0.2) is 49.1 Å². The van der Waals surface area contributed by atoms with E-state index in [1.165, 1.54) is 16.4 Å². The zero-order chi connectivity index (χ0) is 22.2. The Morgan fingerprint density at radius 1 is 1.00 bits per heavy atom. The van der Waals surface area contributed by atoms with Crippen LogP contribution < -0.4 is 10.5 Å². The van der Waals surface area contributed by atoms with Crippen molar-refractivity contribution in [1.29, 1.82) is 0 Å². The van der Waals surface area contributed by atoms with E-state index in [9.17, 15) is 17.6 Å². The molecule has 1 saturated heterocycles. The van der Waals surface area contributed by atoms with Gasteiger partial charge in [-0.05, 0) is 55.3 Å². The molecule has 0 aliphatic carbocycles. The number of aromatic amines is 1. The van der Waals surface area contributed by atoms with Gasteiger partial charge in [0.1, 0.15) is 5.82 Å². The Morgan fingerprint density at radius 3 is 2.35 bits per heavy atom. The molecule has 1 aliphatic rings. The minimum Gasteiger partial charge on any atom is -0.367 e. The number of aromatic nitrogens is 2. The van der Waals surface area contributed by atoms with Crippen molar-refractivity contribution in [3.05, 3.63) is 75.8 Å². The maximum absolute atomic E-state index is 14.1. The van der Waals surface area contributed by atoms with Crippen LogP contribution in [0.1, 0.15) is 11.1 Å². The van der Waals surface area contributed by atoms with Crippen molar-refractivity contribution in [2.45, 2.75) is 18.7 Å². The predicted molar refractivity (Wildman–Crippen MR) is 117 cm³/mol. The number of aryl methyl sites for hydroxylation is 1. The molecule has 9 heteroatoms. The zero-order valence-electron chi connectivity index (χ0n) is 17.3. The molecule has 1 aromatic heterocycles. The van der Waals surface area contributed by atoms with Gasteiger partial charge in [-0.1, -0.05) is 12.1 Å².